The molecule has 6 saturated carbocycles. The summed E-state index contributed by atoms with van der Waals surface area (Å²) in [4.78, 5) is 12.3. The topological polar surface area (TPSA) is 26.3 Å². The van der Waals surface area contributed by atoms with Crippen LogP contribution in [0, 0.1) is 63.8 Å². The van der Waals surface area contributed by atoms with Gasteiger partial charge in [-0.25, -0.2) is 18.0 Å². The van der Waals surface area contributed by atoms with E-state index in [4.69, 9.17) is 4.74 Å². The minimum Gasteiger partial charge on any atom is -0.423 e. The number of carbonyl (C=O) groups excluding carboxylic acids is 1. The van der Waals surface area contributed by atoms with E-state index in [1.54, 1.807) is 18.6 Å². The van der Waals surface area contributed by atoms with Gasteiger partial charge in [0, 0.05) is 12.1 Å². The van der Waals surface area contributed by atoms with Gasteiger partial charge in [-0.05, 0) is 87.5 Å². The summed E-state index contributed by atoms with van der Waals surface area (Å²) >= 11 is 0. The van der Waals surface area contributed by atoms with Gasteiger partial charge in [-0.1, -0.05) is 36.4 Å². The lowest BCUT2D eigenvalue weighted by atomic mass is 9.80. The highest BCUT2D eigenvalue weighted by molar-refractivity contribution is 5.91. The van der Waals surface area contributed by atoms with E-state index in [1.807, 2.05) is 12.1 Å². The first-order valence-electron chi connectivity index (χ1n) is 12.1. The summed E-state index contributed by atoms with van der Waals surface area (Å²) in [6.45, 7) is 0. The van der Waals surface area contributed by atoms with Crippen LogP contribution in [0.2, 0.25) is 0 Å². The van der Waals surface area contributed by atoms with Crippen molar-refractivity contribution >= 4 is 5.97 Å². The van der Waals surface area contributed by atoms with Gasteiger partial charge in [-0.15, -0.1) is 0 Å². The Morgan fingerprint density at radius 1 is 0.794 bits per heavy atom. The molecule has 2 nitrogen and oxygen atoms in total. The van der Waals surface area contributed by atoms with Gasteiger partial charge in [0.1, 0.15) is 5.75 Å². The molecule has 168 valence electrons. The predicted octanol–water partition coefficient (Wildman–Crippen LogP) is 6.22. The van der Waals surface area contributed by atoms with E-state index < -0.39 is 23.4 Å². The molecule has 6 atom stereocenters. The third-order valence-corrected chi connectivity index (χ3v) is 10.2. The summed E-state index contributed by atoms with van der Waals surface area (Å²) < 4.78 is 44.8. The van der Waals surface area contributed by atoms with Crippen LogP contribution in [0.4, 0.5) is 13.2 Å². The third kappa shape index (κ3) is 1.90. The van der Waals surface area contributed by atoms with E-state index in [9.17, 15) is 18.0 Å². The van der Waals surface area contributed by atoms with Crippen molar-refractivity contribution in [3.63, 3.8) is 0 Å². The molecule has 0 bridgehead atoms. The second kappa shape index (κ2) is 5.27. The Morgan fingerprint density at radius 2 is 1.35 bits per heavy atom. The highest BCUT2D eigenvalue weighted by Crippen LogP contribution is 3.19. The minimum absolute atomic E-state index is 0.239. The zero-order chi connectivity index (χ0) is 22.7. The number of ether oxygens (including phenoxy) is 1. The minimum atomic E-state index is -1.60. The fraction of sp³-hybridized carbons (Fsp3) is 0.345. The lowest BCUT2D eigenvalue weighted by Crippen LogP contribution is -2.19. The molecule has 0 radical (unpaired) electrons. The van der Waals surface area contributed by atoms with E-state index in [1.165, 1.54) is 5.56 Å². The number of carbonyl (C=O) groups is 1. The number of rotatable bonds is 4. The fourth-order valence-corrected chi connectivity index (χ4v) is 8.57. The number of hydrogen-bond acceptors (Lipinski definition) is 2. The lowest BCUT2D eigenvalue weighted by Gasteiger charge is -2.23. The first-order chi connectivity index (χ1) is 16.5. The van der Waals surface area contributed by atoms with E-state index in [-0.39, 0.29) is 11.3 Å². The molecule has 0 aromatic heterocycles. The Balaban J connectivity index is 0.865. The SMILES string of the molecule is O=C(Oc1cc(F)c(F)c(F)c1)c1ccc(-c2ccc(C3C4C3C43C4C3C43C4CC43)cc2)cc1. The van der Waals surface area contributed by atoms with Gasteiger partial charge in [-0.2, -0.15) is 0 Å². The van der Waals surface area contributed by atoms with Crippen molar-refractivity contribution in [1.82, 2.24) is 0 Å². The van der Waals surface area contributed by atoms with Crippen LogP contribution in [-0.2, 0) is 0 Å². The summed E-state index contributed by atoms with van der Waals surface area (Å²) in [6.07, 6.45) is 1.54. The molecule has 6 aliphatic carbocycles. The molecular weight excluding hydrogens is 437 g/mol. The third-order valence-electron chi connectivity index (χ3n) is 10.2. The quantitative estimate of drug-likeness (QED) is 0.265. The Hall–Kier alpha value is -3.08. The van der Waals surface area contributed by atoms with Crippen molar-refractivity contribution in [3.8, 4) is 16.9 Å². The molecule has 9 rings (SSSR count). The Kier molecular flexibility index (Phi) is 2.83. The summed E-state index contributed by atoms with van der Waals surface area (Å²) in [5.41, 5.74) is 5.49. The van der Waals surface area contributed by atoms with Gasteiger partial charge in [0.15, 0.2) is 17.5 Å². The molecule has 6 fully saturated rings. The van der Waals surface area contributed by atoms with E-state index in [2.05, 4.69) is 24.3 Å². The normalized spacial score (nSPS) is 41.9. The first-order valence-corrected chi connectivity index (χ1v) is 12.1. The number of fused-ring (bicyclic) bond motifs is 11. The molecule has 6 unspecified atom stereocenters. The molecule has 0 amide bonds. The van der Waals surface area contributed by atoms with Crippen molar-refractivity contribution in [3.05, 3.63) is 89.2 Å². The monoisotopic (exact) mass is 456 g/mol. The van der Waals surface area contributed by atoms with Crippen molar-refractivity contribution in [1.29, 1.82) is 0 Å². The summed E-state index contributed by atoms with van der Waals surface area (Å²) in [5.74, 6) is 1.79. The molecule has 0 heterocycles. The zero-order valence-electron chi connectivity index (χ0n) is 18.0. The maximum atomic E-state index is 13.3. The standard InChI is InChI=1S/C29H19F3O2/c30-19-9-16(10-20(31)24(19)32)34-27(33)15-7-3-13(4-8-15)12-1-5-14(6-2-12)21-22-23(21)29(22)25-26(29)28(25)17-11-18(17)28/h1-10,17-18,21-23,25-26H,11H2. The van der Waals surface area contributed by atoms with Gasteiger partial charge < -0.3 is 4.74 Å². The van der Waals surface area contributed by atoms with Gasteiger partial charge in [0.2, 0.25) is 0 Å². The average molecular weight is 456 g/mol. The highest BCUT2D eigenvalue weighted by Gasteiger charge is 3.16. The largest absolute Gasteiger partial charge is 0.423 e. The van der Waals surface area contributed by atoms with Gasteiger partial charge in [0.25, 0.3) is 0 Å². The van der Waals surface area contributed by atoms with Crippen molar-refractivity contribution in [2.24, 2.45) is 46.3 Å². The fourth-order valence-electron chi connectivity index (χ4n) is 8.57. The van der Waals surface area contributed by atoms with Crippen LogP contribution in [-0.4, -0.2) is 5.97 Å². The Morgan fingerprint density at radius 3 is 1.88 bits per heavy atom. The summed E-state index contributed by atoms with van der Waals surface area (Å²) in [7, 11) is 0. The van der Waals surface area contributed by atoms with E-state index >= 15 is 0 Å². The molecule has 3 aromatic carbocycles. The predicted molar refractivity (Wildman–Crippen MR) is 116 cm³/mol. The summed E-state index contributed by atoms with van der Waals surface area (Å²) in [6, 6.07) is 16.9. The van der Waals surface area contributed by atoms with Crippen LogP contribution in [0.1, 0.15) is 28.3 Å². The smallest absolute Gasteiger partial charge is 0.343 e. The lowest BCUT2D eigenvalue weighted by molar-refractivity contribution is 0.0733. The maximum absolute atomic E-state index is 13.3. The first kappa shape index (κ1) is 18.3. The number of benzene rings is 3. The van der Waals surface area contributed by atoms with E-state index in [0.717, 1.165) is 63.4 Å². The maximum Gasteiger partial charge on any atom is 0.343 e. The zero-order valence-corrected chi connectivity index (χ0v) is 18.0. The molecule has 34 heavy (non-hydrogen) atoms. The molecule has 5 heteroatoms. The average Bonchev–Trinajstić information content (AvgIpc) is 3.63. The van der Waals surface area contributed by atoms with Gasteiger partial charge in [-0.3, -0.25) is 0 Å². The van der Waals surface area contributed by atoms with Gasteiger partial charge in [0.05, 0.1) is 5.56 Å². The van der Waals surface area contributed by atoms with Crippen LogP contribution in [0.3, 0.4) is 0 Å². The van der Waals surface area contributed by atoms with Crippen LogP contribution < -0.4 is 4.74 Å². The number of hydrogen-bond donors (Lipinski definition) is 0. The number of esters is 1. The molecule has 0 aliphatic heterocycles. The molecular formula is C29H19F3O2. The second-order valence-corrected chi connectivity index (χ2v) is 11.3. The van der Waals surface area contributed by atoms with Crippen molar-refractivity contribution in [2.45, 2.75) is 12.3 Å². The second-order valence-electron chi connectivity index (χ2n) is 11.3. The molecule has 3 aromatic rings. The van der Waals surface area contributed by atoms with Gasteiger partial charge >= 0.3 is 5.97 Å². The van der Waals surface area contributed by atoms with E-state index in [0.29, 0.717) is 12.1 Å². The molecule has 6 aliphatic rings. The molecule has 2 spiro atoms. The van der Waals surface area contributed by atoms with Crippen LogP contribution in [0.15, 0.2) is 60.7 Å². The molecule has 0 N–H and O–H groups in total. The van der Waals surface area contributed by atoms with Crippen LogP contribution in [0.25, 0.3) is 11.1 Å². The Labute approximate surface area is 193 Å². The van der Waals surface area contributed by atoms with Crippen LogP contribution >= 0.6 is 0 Å². The highest BCUT2D eigenvalue weighted by atomic mass is 19.2. The van der Waals surface area contributed by atoms with Crippen LogP contribution in [0.5, 0.6) is 5.75 Å². The molecule has 0 saturated heterocycles. The Bertz CT molecular complexity index is 1400. The van der Waals surface area contributed by atoms with Crippen molar-refractivity contribution in [2.75, 3.05) is 0 Å². The number of halogens is 3. The van der Waals surface area contributed by atoms with Crippen molar-refractivity contribution < 1.29 is 22.7 Å². The summed E-state index contributed by atoms with van der Waals surface area (Å²) in [5, 5.41) is 0.